The summed E-state index contributed by atoms with van der Waals surface area (Å²) in [4.78, 5) is 0. The van der Waals surface area contributed by atoms with E-state index in [1.54, 1.807) is 12.1 Å². The maximum atomic E-state index is 15.1. The van der Waals surface area contributed by atoms with Crippen LogP contribution in [0.25, 0.3) is 10.8 Å². The molecule has 1 aliphatic rings. The molecule has 7 heteroatoms. The van der Waals surface area contributed by atoms with Crippen LogP contribution in [0.4, 0.5) is 26.3 Å². The van der Waals surface area contributed by atoms with Gasteiger partial charge in [0.15, 0.2) is 24.0 Å². The average Bonchev–Trinajstić information content (AvgIpc) is 2.86. The molecule has 1 aliphatic carbocycles. The predicted octanol–water partition coefficient (Wildman–Crippen LogP) is 7.97. The number of benzene rings is 3. The summed E-state index contributed by atoms with van der Waals surface area (Å²) in [6.45, 7) is -1.83. The molecule has 37 heavy (non-hydrogen) atoms. The summed E-state index contributed by atoms with van der Waals surface area (Å²) < 4.78 is 84.2. The van der Waals surface area contributed by atoms with E-state index < -0.39 is 36.0 Å². The van der Waals surface area contributed by atoms with Gasteiger partial charge in [-0.3, -0.25) is 0 Å². The van der Waals surface area contributed by atoms with Crippen molar-refractivity contribution in [1.82, 2.24) is 0 Å². The van der Waals surface area contributed by atoms with Crippen molar-refractivity contribution >= 4 is 10.8 Å². The summed E-state index contributed by atoms with van der Waals surface area (Å²) in [6, 6.07) is 10.3. The SMILES string of the molecule is C#CC1CCC(CCc2ccc3c(F)c(C#Cc4cc(F)c(OCC(F)(F)F)c(F)c4)ccc3c2)CC1. The zero-order valence-electron chi connectivity index (χ0n) is 19.9. The molecule has 4 rings (SSSR count). The van der Waals surface area contributed by atoms with Crippen LogP contribution >= 0.6 is 0 Å². The lowest BCUT2D eigenvalue weighted by Crippen LogP contribution is -2.20. The van der Waals surface area contributed by atoms with Gasteiger partial charge in [-0.1, -0.05) is 36.1 Å². The lowest BCUT2D eigenvalue weighted by atomic mass is 9.80. The molecule has 1 fully saturated rings. The van der Waals surface area contributed by atoms with Crippen molar-refractivity contribution in [3.8, 4) is 29.9 Å². The lowest BCUT2D eigenvalue weighted by Gasteiger charge is -2.25. The first kappa shape index (κ1) is 26.5. The number of hydrogen-bond acceptors (Lipinski definition) is 1. The highest BCUT2D eigenvalue weighted by Crippen LogP contribution is 2.32. The van der Waals surface area contributed by atoms with Crippen LogP contribution < -0.4 is 4.74 Å². The summed E-state index contributed by atoms with van der Waals surface area (Å²) in [5.41, 5.74) is 0.979. The fourth-order valence-electron chi connectivity index (χ4n) is 4.65. The van der Waals surface area contributed by atoms with E-state index in [2.05, 4.69) is 22.5 Å². The van der Waals surface area contributed by atoms with Gasteiger partial charge in [-0.2, -0.15) is 13.2 Å². The summed E-state index contributed by atoms with van der Waals surface area (Å²) in [5, 5.41) is 1.10. The summed E-state index contributed by atoms with van der Waals surface area (Å²) in [7, 11) is 0. The monoisotopic (exact) mass is 514 g/mol. The quantitative estimate of drug-likeness (QED) is 0.248. The van der Waals surface area contributed by atoms with E-state index in [1.165, 1.54) is 6.07 Å². The van der Waals surface area contributed by atoms with Gasteiger partial charge in [-0.05, 0) is 73.6 Å². The second-order valence-corrected chi connectivity index (χ2v) is 9.33. The number of aryl methyl sites for hydroxylation is 1. The molecule has 0 heterocycles. The first-order chi connectivity index (χ1) is 17.6. The van der Waals surface area contributed by atoms with Crippen LogP contribution in [0.1, 0.15) is 48.8 Å². The van der Waals surface area contributed by atoms with Gasteiger partial charge in [-0.25, -0.2) is 13.2 Å². The molecule has 3 aromatic carbocycles. The first-order valence-electron chi connectivity index (χ1n) is 12.0. The number of halogens is 6. The Kier molecular flexibility index (Phi) is 8.03. The molecular weight excluding hydrogens is 490 g/mol. The minimum atomic E-state index is -4.74. The molecule has 1 nitrogen and oxygen atoms in total. The molecule has 1 saturated carbocycles. The Hall–Kier alpha value is -3.58. The van der Waals surface area contributed by atoms with Gasteiger partial charge in [-0.15, -0.1) is 12.3 Å². The molecule has 0 spiro atoms. The highest BCUT2D eigenvalue weighted by molar-refractivity contribution is 5.85. The van der Waals surface area contributed by atoms with E-state index in [0.29, 0.717) is 17.2 Å². The van der Waals surface area contributed by atoms with Crippen LogP contribution in [0, 0.1) is 53.5 Å². The van der Waals surface area contributed by atoms with Gasteiger partial charge in [0.1, 0.15) is 5.82 Å². The molecular formula is C30H24F6O. The average molecular weight is 515 g/mol. The van der Waals surface area contributed by atoms with Crippen molar-refractivity contribution in [3.63, 3.8) is 0 Å². The Labute approximate surface area is 211 Å². The van der Waals surface area contributed by atoms with Gasteiger partial charge < -0.3 is 4.74 Å². The van der Waals surface area contributed by atoms with Crippen LogP contribution in [0.5, 0.6) is 5.75 Å². The number of fused-ring (bicyclic) bond motifs is 1. The second-order valence-electron chi connectivity index (χ2n) is 9.33. The van der Waals surface area contributed by atoms with E-state index in [9.17, 15) is 22.0 Å². The summed E-state index contributed by atoms with van der Waals surface area (Å²) in [6.07, 6.45) is 7.15. The topological polar surface area (TPSA) is 9.23 Å². The maximum Gasteiger partial charge on any atom is 0.422 e. The zero-order chi connectivity index (χ0) is 26.6. The highest BCUT2D eigenvalue weighted by atomic mass is 19.4. The van der Waals surface area contributed by atoms with Crippen LogP contribution in [-0.2, 0) is 6.42 Å². The third kappa shape index (κ3) is 6.80. The lowest BCUT2D eigenvalue weighted by molar-refractivity contribution is -0.154. The summed E-state index contributed by atoms with van der Waals surface area (Å²) in [5.74, 6) is 4.54. The Balaban J connectivity index is 1.46. The minimum Gasteiger partial charge on any atom is -0.478 e. The molecule has 0 amide bonds. The van der Waals surface area contributed by atoms with E-state index in [1.807, 2.05) is 12.1 Å². The van der Waals surface area contributed by atoms with Crippen molar-refractivity contribution in [3.05, 3.63) is 76.6 Å². The first-order valence-corrected chi connectivity index (χ1v) is 12.0. The molecule has 0 unspecified atom stereocenters. The number of alkyl halides is 3. The van der Waals surface area contributed by atoms with Crippen LogP contribution in [0.2, 0.25) is 0 Å². The van der Waals surface area contributed by atoms with E-state index >= 15 is 4.39 Å². The second kappa shape index (κ2) is 11.2. The number of terminal acetylenes is 1. The van der Waals surface area contributed by atoms with Gasteiger partial charge >= 0.3 is 6.18 Å². The number of rotatable bonds is 5. The van der Waals surface area contributed by atoms with Crippen molar-refractivity contribution < 1.29 is 31.1 Å². The van der Waals surface area contributed by atoms with Gasteiger partial charge in [0.25, 0.3) is 0 Å². The molecule has 0 aromatic heterocycles. The number of ether oxygens (including phenoxy) is 1. The van der Waals surface area contributed by atoms with Crippen molar-refractivity contribution in [1.29, 1.82) is 0 Å². The predicted molar refractivity (Wildman–Crippen MR) is 130 cm³/mol. The van der Waals surface area contributed by atoms with Crippen LogP contribution in [-0.4, -0.2) is 12.8 Å². The van der Waals surface area contributed by atoms with E-state index in [0.717, 1.165) is 61.6 Å². The largest absolute Gasteiger partial charge is 0.478 e. The van der Waals surface area contributed by atoms with Gasteiger partial charge in [0, 0.05) is 16.9 Å². The normalized spacial score (nSPS) is 17.6. The summed E-state index contributed by atoms with van der Waals surface area (Å²) >= 11 is 0. The van der Waals surface area contributed by atoms with E-state index in [-0.39, 0.29) is 11.1 Å². The molecule has 0 aliphatic heterocycles. The van der Waals surface area contributed by atoms with E-state index in [4.69, 9.17) is 6.42 Å². The minimum absolute atomic E-state index is 0.0312. The third-order valence-corrected chi connectivity index (χ3v) is 6.66. The van der Waals surface area contributed by atoms with Gasteiger partial charge in [0.2, 0.25) is 0 Å². The zero-order valence-corrected chi connectivity index (χ0v) is 19.9. The van der Waals surface area contributed by atoms with Crippen LogP contribution in [0.15, 0.2) is 42.5 Å². The Bertz CT molecular complexity index is 1360. The fraction of sp³-hybridized carbons (Fsp3) is 0.333. The molecule has 0 bridgehead atoms. The van der Waals surface area contributed by atoms with Crippen LogP contribution in [0.3, 0.4) is 0 Å². The van der Waals surface area contributed by atoms with Crippen molar-refractivity contribution in [2.45, 2.75) is 44.7 Å². The molecule has 0 saturated heterocycles. The molecule has 3 aromatic rings. The van der Waals surface area contributed by atoms with Crippen molar-refractivity contribution in [2.24, 2.45) is 11.8 Å². The fourth-order valence-corrected chi connectivity index (χ4v) is 4.65. The highest BCUT2D eigenvalue weighted by Gasteiger charge is 2.30. The maximum absolute atomic E-state index is 15.1. The Morgan fingerprint density at radius 2 is 1.59 bits per heavy atom. The molecule has 0 atom stereocenters. The number of hydrogen-bond donors (Lipinski definition) is 0. The Morgan fingerprint density at radius 3 is 2.24 bits per heavy atom. The molecule has 0 radical (unpaired) electrons. The smallest absolute Gasteiger partial charge is 0.422 e. The Morgan fingerprint density at radius 1 is 0.892 bits per heavy atom. The standard InChI is InChI=1S/C30H24F6O/c1-2-19-3-5-20(6-4-19)7-8-21-10-14-25-24(15-21)13-12-23(28(25)33)11-9-22-16-26(31)29(27(32)17-22)37-18-30(34,35)36/h1,10,12-17,19-20H,3-8,18H2. The molecule has 192 valence electrons. The van der Waals surface area contributed by atoms with Gasteiger partial charge in [0.05, 0.1) is 5.56 Å². The molecule has 0 N–H and O–H groups in total. The van der Waals surface area contributed by atoms with Crippen molar-refractivity contribution in [2.75, 3.05) is 6.61 Å². The third-order valence-electron chi connectivity index (χ3n) is 6.66.